The van der Waals surface area contributed by atoms with E-state index in [9.17, 15) is 4.79 Å². The summed E-state index contributed by atoms with van der Waals surface area (Å²) in [5.74, 6) is 1.08. The van der Waals surface area contributed by atoms with Crippen molar-refractivity contribution in [3.05, 3.63) is 81.6 Å². The molecule has 3 heterocycles. The zero-order chi connectivity index (χ0) is 25.3. The number of hydrogen-bond acceptors (Lipinski definition) is 8. The van der Waals surface area contributed by atoms with Crippen molar-refractivity contribution in [1.82, 2.24) is 20.1 Å². The highest BCUT2D eigenvalue weighted by Gasteiger charge is 2.33. The first kappa shape index (κ1) is 24.1. The Morgan fingerprint density at radius 2 is 2.06 bits per heavy atom. The minimum Gasteiger partial charge on any atom is -0.497 e. The molecule has 1 saturated heterocycles. The molecule has 2 aromatic heterocycles. The smallest absolute Gasteiger partial charge is 0.254 e. The van der Waals surface area contributed by atoms with Gasteiger partial charge in [0.2, 0.25) is 11.8 Å². The first-order valence-corrected chi connectivity index (χ1v) is 12.8. The Bertz CT molecular complexity index is 1360. The van der Waals surface area contributed by atoms with E-state index in [-0.39, 0.29) is 17.8 Å². The molecule has 0 aliphatic carbocycles. The summed E-state index contributed by atoms with van der Waals surface area (Å²) in [6.45, 7) is 4.52. The topological polar surface area (TPSA) is 107 Å². The van der Waals surface area contributed by atoms with Gasteiger partial charge in [-0.1, -0.05) is 30.3 Å². The summed E-state index contributed by atoms with van der Waals surface area (Å²) in [4.78, 5) is 20.1. The van der Waals surface area contributed by atoms with Gasteiger partial charge in [0.25, 0.3) is 5.91 Å². The van der Waals surface area contributed by atoms with Crippen molar-refractivity contribution in [2.24, 2.45) is 5.73 Å². The van der Waals surface area contributed by atoms with Crippen LogP contribution < -0.4 is 10.5 Å². The molecule has 5 rings (SSSR count). The average molecular weight is 504 g/mol. The molecule has 0 bridgehead atoms. The molecule has 1 aliphatic rings. The van der Waals surface area contributed by atoms with Crippen molar-refractivity contribution < 1.29 is 13.9 Å². The Hall–Kier alpha value is -3.56. The molecule has 9 heteroatoms. The molecule has 1 aliphatic heterocycles. The van der Waals surface area contributed by atoms with Gasteiger partial charge in [-0.3, -0.25) is 4.79 Å². The molecule has 2 N–H and O–H groups in total. The number of thiazole rings is 1. The summed E-state index contributed by atoms with van der Waals surface area (Å²) in [6.07, 6.45) is 2.39. The quantitative estimate of drug-likeness (QED) is 0.382. The monoisotopic (exact) mass is 503 g/mol. The molecule has 2 aromatic carbocycles. The fraction of sp³-hybridized carbons (Fsp3) is 0.333. The maximum Gasteiger partial charge on any atom is 0.254 e. The van der Waals surface area contributed by atoms with E-state index in [0.717, 1.165) is 29.1 Å². The fourth-order valence-electron chi connectivity index (χ4n) is 4.59. The van der Waals surface area contributed by atoms with Crippen LogP contribution in [-0.2, 0) is 12.0 Å². The average Bonchev–Trinajstić information content (AvgIpc) is 3.64. The van der Waals surface area contributed by atoms with E-state index >= 15 is 0 Å². The zero-order valence-electron chi connectivity index (χ0n) is 20.6. The van der Waals surface area contributed by atoms with Crippen molar-refractivity contribution in [3.8, 4) is 17.2 Å². The number of aromatic nitrogens is 3. The molecule has 0 radical (unpaired) electrons. The Balaban J connectivity index is 1.42. The second-order valence-corrected chi connectivity index (χ2v) is 10.3. The van der Waals surface area contributed by atoms with Gasteiger partial charge in [0.1, 0.15) is 10.8 Å². The summed E-state index contributed by atoms with van der Waals surface area (Å²) < 4.78 is 11.5. The molecule has 186 valence electrons. The molecular formula is C27H29N5O3S. The highest BCUT2D eigenvalue weighted by molar-refractivity contribution is 7.09. The molecule has 4 aromatic rings. The van der Waals surface area contributed by atoms with Crippen LogP contribution in [0.25, 0.3) is 11.5 Å². The molecule has 8 nitrogen and oxygen atoms in total. The highest BCUT2D eigenvalue weighted by atomic mass is 32.1. The van der Waals surface area contributed by atoms with Crippen LogP contribution in [0.4, 0.5) is 0 Å². The second-order valence-electron chi connectivity index (χ2n) is 9.43. The summed E-state index contributed by atoms with van der Waals surface area (Å²) in [7, 11) is 1.57. The molecule has 2 atom stereocenters. The van der Waals surface area contributed by atoms with Crippen LogP contribution in [0.2, 0.25) is 0 Å². The first-order valence-electron chi connectivity index (χ1n) is 11.9. The van der Waals surface area contributed by atoms with E-state index < -0.39 is 5.54 Å². The number of aryl methyl sites for hydroxylation is 1. The molecular weight excluding hydrogens is 474 g/mol. The van der Waals surface area contributed by atoms with E-state index in [1.807, 2.05) is 54.5 Å². The normalized spacial score (nSPS) is 17.2. The Kier molecular flexibility index (Phi) is 6.59. The lowest BCUT2D eigenvalue weighted by atomic mass is 9.94. The second kappa shape index (κ2) is 9.83. The van der Waals surface area contributed by atoms with Crippen molar-refractivity contribution in [2.45, 2.75) is 44.7 Å². The number of carbonyl (C=O) groups excluding carboxylic acids is 1. The zero-order valence-corrected chi connectivity index (χ0v) is 21.4. The SMILES string of the molecule is COc1cc(C(=O)N2CCC[C@@H]2c2nc(C)cs2)cc(-c2nnc([C@@](C)(N)Cc3ccccc3)o2)c1. The standard InChI is InChI=1S/C27H29N5O3S/c1-17-16-36-24(29-17)22-10-7-11-32(22)25(33)20-12-19(13-21(14-20)34-3)23-30-31-26(35-23)27(2,28)15-18-8-5-4-6-9-18/h4-6,8-9,12-14,16,22H,7,10-11,15,28H2,1-3H3/t22-,27+/m1/s1. The summed E-state index contributed by atoms with van der Waals surface area (Å²) in [5, 5.41) is 11.5. The number of nitrogens with zero attached hydrogens (tertiary/aromatic N) is 4. The predicted octanol–water partition coefficient (Wildman–Crippen LogP) is 4.90. The Morgan fingerprint density at radius 1 is 1.25 bits per heavy atom. The lowest BCUT2D eigenvalue weighted by molar-refractivity contribution is 0.0735. The largest absolute Gasteiger partial charge is 0.497 e. The van der Waals surface area contributed by atoms with E-state index in [1.165, 1.54) is 0 Å². The lowest BCUT2D eigenvalue weighted by Gasteiger charge is -2.23. The predicted molar refractivity (Wildman–Crippen MR) is 138 cm³/mol. The summed E-state index contributed by atoms with van der Waals surface area (Å²) in [5.41, 5.74) is 8.88. The number of likely N-dealkylation sites (tertiary alicyclic amines) is 1. The minimum absolute atomic E-state index is 0.0169. The van der Waals surface area contributed by atoms with Crippen molar-refractivity contribution >= 4 is 17.2 Å². The van der Waals surface area contributed by atoms with Crippen LogP contribution in [-0.4, -0.2) is 39.6 Å². The van der Waals surface area contributed by atoms with Crippen LogP contribution in [0.15, 0.2) is 58.3 Å². The summed E-state index contributed by atoms with van der Waals surface area (Å²) in [6, 6.07) is 15.2. The molecule has 0 unspecified atom stereocenters. The van der Waals surface area contributed by atoms with Crippen LogP contribution in [0.1, 0.15) is 58.3 Å². The first-order chi connectivity index (χ1) is 17.3. The van der Waals surface area contributed by atoms with Gasteiger partial charge in [-0.05, 0) is 56.9 Å². The van der Waals surface area contributed by atoms with E-state index in [2.05, 4.69) is 15.2 Å². The number of rotatable bonds is 7. The van der Waals surface area contributed by atoms with Gasteiger partial charge in [0.05, 0.1) is 18.7 Å². The van der Waals surface area contributed by atoms with Gasteiger partial charge >= 0.3 is 0 Å². The third-order valence-electron chi connectivity index (χ3n) is 6.40. The van der Waals surface area contributed by atoms with Gasteiger partial charge in [-0.25, -0.2) is 4.98 Å². The van der Waals surface area contributed by atoms with Crippen molar-refractivity contribution in [2.75, 3.05) is 13.7 Å². The minimum atomic E-state index is -0.848. The van der Waals surface area contributed by atoms with Crippen LogP contribution >= 0.6 is 11.3 Å². The molecule has 1 fully saturated rings. The van der Waals surface area contributed by atoms with Crippen LogP contribution in [0, 0.1) is 6.92 Å². The molecule has 1 amide bonds. The molecule has 0 saturated carbocycles. The Labute approximate surface area is 214 Å². The number of nitrogens with two attached hydrogens (primary N) is 1. The van der Waals surface area contributed by atoms with Crippen LogP contribution in [0.3, 0.4) is 0 Å². The maximum absolute atomic E-state index is 13.6. The highest BCUT2D eigenvalue weighted by Crippen LogP contribution is 2.36. The third kappa shape index (κ3) is 4.89. The van der Waals surface area contributed by atoms with Gasteiger partial charge in [0.15, 0.2) is 0 Å². The number of benzene rings is 2. The van der Waals surface area contributed by atoms with E-state index in [1.54, 1.807) is 36.6 Å². The van der Waals surface area contributed by atoms with E-state index in [0.29, 0.717) is 35.7 Å². The maximum atomic E-state index is 13.6. The number of hydrogen-bond donors (Lipinski definition) is 1. The molecule has 0 spiro atoms. The van der Waals surface area contributed by atoms with Gasteiger partial charge in [0, 0.05) is 28.7 Å². The van der Waals surface area contributed by atoms with Gasteiger partial charge < -0.3 is 19.8 Å². The fourth-order valence-corrected chi connectivity index (χ4v) is 5.53. The van der Waals surface area contributed by atoms with Crippen molar-refractivity contribution in [1.29, 1.82) is 0 Å². The lowest BCUT2D eigenvalue weighted by Crippen LogP contribution is -2.35. The van der Waals surface area contributed by atoms with Gasteiger partial charge in [-0.2, -0.15) is 0 Å². The number of methoxy groups -OCH3 is 1. The van der Waals surface area contributed by atoms with Crippen molar-refractivity contribution in [3.63, 3.8) is 0 Å². The van der Waals surface area contributed by atoms with E-state index in [4.69, 9.17) is 14.9 Å². The van der Waals surface area contributed by atoms with Crippen LogP contribution in [0.5, 0.6) is 5.75 Å². The third-order valence-corrected chi connectivity index (χ3v) is 7.46. The number of amides is 1. The Morgan fingerprint density at radius 3 is 2.78 bits per heavy atom. The summed E-state index contributed by atoms with van der Waals surface area (Å²) >= 11 is 1.60. The molecule has 36 heavy (non-hydrogen) atoms. The number of ether oxygens (including phenoxy) is 1. The number of carbonyl (C=O) groups is 1. The van der Waals surface area contributed by atoms with Gasteiger partial charge in [-0.15, -0.1) is 21.5 Å².